The number of hydrogen-bond donors (Lipinski definition) is 1. The predicted octanol–water partition coefficient (Wildman–Crippen LogP) is 0.959. The molecule has 1 aliphatic heterocycles. The predicted molar refractivity (Wildman–Crippen MR) is 75.2 cm³/mol. The molecule has 0 aliphatic carbocycles. The smallest absolute Gasteiger partial charge is 0.176 e. The van der Waals surface area contributed by atoms with E-state index in [1.165, 1.54) is 0 Å². The summed E-state index contributed by atoms with van der Waals surface area (Å²) in [7, 11) is 1.60. The molecule has 20 heavy (non-hydrogen) atoms. The average molecular weight is 279 g/mol. The molecule has 0 amide bonds. The lowest BCUT2D eigenvalue weighted by Gasteiger charge is -2.36. The maximum Gasteiger partial charge on any atom is 0.176 e. The molecule has 2 unspecified atom stereocenters. The van der Waals surface area contributed by atoms with Gasteiger partial charge in [-0.2, -0.15) is 0 Å². The van der Waals surface area contributed by atoms with Gasteiger partial charge in [-0.3, -0.25) is 9.69 Å². The summed E-state index contributed by atoms with van der Waals surface area (Å²) in [6.45, 7) is 3.48. The second-order valence-corrected chi connectivity index (χ2v) is 5.07. The van der Waals surface area contributed by atoms with Gasteiger partial charge in [-0.25, -0.2) is 0 Å². The van der Waals surface area contributed by atoms with Crippen LogP contribution in [0, 0.1) is 0 Å². The van der Waals surface area contributed by atoms with Crippen molar-refractivity contribution >= 4 is 5.78 Å². The maximum absolute atomic E-state index is 12.3. The van der Waals surface area contributed by atoms with Gasteiger partial charge in [0.25, 0.3) is 0 Å². The number of carbonyl (C=O) groups excluding carboxylic acids is 1. The highest BCUT2D eigenvalue weighted by Gasteiger charge is 2.27. The Morgan fingerprint density at radius 3 is 2.75 bits per heavy atom. The summed E-state index contributed by atoms with van der Waals surface area (Å²) in [4.78, 5) is 14.3. The molecule has 1 aliphatic rings. The normalized spacial score (nSPS) is 23.6. The van der Waals surface area contributed by atoms with Crippen LogP contribution >= 0.6 is 0 Å². The van der Waals surface area contributed by atoms with Crippen LogP contribution in [0.25, 0.3) is 0 Å². The Morgan fingerprint density at radius 2 is 2.15 bits per heavy atom. The molecule has 5 heteroatoms. The highest BCUT2D eigenvalue weighted by molar-refractivity contribution is 5.97. The minimum atomic E-state index is -0.199. The molecule has 0 bridgehead atoms. The summed E-state index contributed by atoms with van der Waals surface area (Å²) >= 11 is 0. The van der Waals surface area contributed by atoms with E-state index >= 15 is 0 Å². The molecule has 1 aromatic carbocycles. The molecule has 0 saturated carbocycles. The quantitative estimate of drug-likeness (QED) is 0.814. The molecule has 0 aromatic heterocycles. The fourth-order valence-corrected chi connectivity index (χ4v) is 2.26. The van der Waals surface area contributed by atoms with Gasteiger partial charge in [-0.15, -0.1) is 0 Å². The van der Waals surface area contributed by atoms with Crippen molar-refractivity contribution in [3.63, 3.8) is 0 Å². The molecule has 1 fully saturated rings. The summed E-state index contributed by atoms with van der Waals surface area (Å²) in [6, 6.07) is 7.30. The molecule has 0 spiro atoms. The van der Waals surface area contributed by atoms with Crippen molar-refractivity contribution in [3.8, 4) is 5.75 Å². The summed E-state index contributed by atoms with van der Waals surface area (Å²) in [5.74, 6) is 0.805. The minimum Gasteiger partial charge on any atom is -0.497 e. The molecule has 1 aromatic rings. The Hall–Kier alpha value is -1.43. The summed E-state index contributed by atoms with van der Waals surface area (Å²) in [5.41, 5.74) is 0.671. The Bertz CT molecular complexity index is 446. The zero-order chi connectivity index (χ0) is 14.5. The van der Waals surface area contributed by atoms with Gasteiger partial charge in [0, 0.05) is 18.2 Å². The minimum absolute atomic E-state index is 0.0139. The number of aliphatic hydroxyl groups is 1. The van der Waals surface area contributed by atoms with Crippen molar-refractivity contribution in [1.82, 2.24) is 4.90 Å². The SMILES string of the molecule is COc1ccc(C(=O)CN2CC(CO)OCC2C)cc1. The van der Waals surface area contributed by atoms with E-state index in [0.717, 1.165) is 5.75 Å². The van der Waals surface area contributed by atoms with Crippen molar-refractivity contribution in [3.05, 3.63) is 29.8 Å². The van der Waals surface area contributed by atoms with Crippen LogP contribution in [0.15, 0.2) is 24.3 Å². The van der Waals surface area contributed by atoms with Crippen molar-refractivity contribution in [1.29, 1.82) is 0 Å². The van der Waals surface area contributed by atoms with Crippen molar-refractivity contribution in [2.75, 3.05) is 33.4 Å². The second-order valence-electron chi connectivity index (χ2n) is 5.07. The standard InChI is InChI=1S/C15H21NO4/c1-11-10-20-14(9-17)7-16(11)8-15(18)12-3-5-13(19-2)6-4-12/h3-6,11,14,17H,7-10H2,1-2H3. The molecular weight excluding hydrogens is 258 g/mol. The van der Waals surface area contributed by atoms with Gasteiger partial charge < -0.3 is 14.6 Å². The lowest BCUT2D eigenvalue weighted by atomic mass is 10.1. The van der Waals surface area contributed by atoms with Crippen LogP contribution in [0.2, 0.25) is 0 Å². The van der Waals surface area contributed by atoms with E-state index in [4.69, 9.17) is 14.6 Å². The Kier molecular flexibility index (Phi) is 5.11. The number of carbonyl (C=O) groups is 1. The fourth-order valence-electron chi connectivity index (χ4n) is 2.26. The Labute approximate surface area is 119 Å². The number of ether oxygens (including phenoxy) is 2. The summed E-state index contributed by atoms with van der Waals surface area (Å²) < 4.78 is 10.5. The van der Waals surface area contributed by atoms with Gasteiger partial charge in [0.1, 0.15) is 5.75 Å². The van der Waals surface area contributed by atoms with Gasteiger partial charge in [-0.1, -0.05) is 0 Å². The third-order valence-corrected chi connectivity index (χ3v) is 3.60. The Morgan fingerprint density at radius 1 is 1.45 bits per heavy atom. The zero-order valence-corrected chi connectivity index (χ0v) is 11.9. The van der Waals surface area contributed by atoms with E-state index in [-0.39, 0.29) is 24.5 Å². The van der Waals surface area contributed by atoms with Gasteiger partial charge in [0.15, 0.2) is 5.78 Å². The second kappa shape index (κ2) is 6.83. The number of Topliss-reactive ketones (excluding diaryl/α,β-unsaturated/α-hetero) is 1. The van der Waals surface area contributed by atoms with Gasteiger partial charge >= 0.3 is 0 Å². The Balaban J connectivity index is 1.98. The van der Waals surface area contributed by atoms with Gasteiger partial charge in [-0.05, 0) is 31.2 Å². The highest BCUT2D eigenvalue weighted by atomic mass is 16.5. The molecule has 1 N–H and O–H groups in total. The molecule has 0 radical (unpaired) electrons. The van der Waals surface area contributed by atoms with Gasteiger partial charge in [0.05, 0.1) is 33.0 Å². The number of methoxy groups -OCH3 is 1. The number of benzene rings is 1. The van der Waals surface area contributed by atoms with E-state index < -0.39 is 0 Å². The van der Waals surface area contributed by atoms with E-state index in [2.05, 4.69) is 4.90 Å². The number of ketones is 1. The number of morpholine rings is 1. The number of hydrogen-bond acceptors (Lipinski definition) is 5. The maximum atomic E-state index is 12.3. The zero-order valence-electron chi connectivity index (χ0n) is 11.9. The molecule has 1 heterocycles. The first-order valence-corrected chi connectivity index (χ1v) is 6.77. The molecule has 1 saturated heterocycles. The van der Waals surface area contributed by atoms with Crippen LogP contribution in [0.5, 0.6) is 5.75 Å². The first kappa shape index (κ1) is 15.0. The molecule has 2 rings (SSSR count). The van der Waals surface area contributed by atoms with E-state index in [1.807, 2.05) is 6.92 Å². The van der Waals surface area contributed by atoms with E-state index in [9.17, 15) is 4.79 Å². The van der Waals surface area contributed by atoms with E-state index in [1.54, 1.807) is 31.4 Å². The fraction of sp³-hybridized carbons (Fsp3) is 0.533. The summed E-state index contributed by atoms with van der Waals surface area (Å²) in [6.07, 6.45) is -0.199. The van der Waals surface area contributed by atoms with E-state index in [0.29, 0.717) is 25.3 Å². The summed E-state index contributed by atoms with van der Waals surface area (Å²) in [5, 5.41) is 9.15. The lowest BCUT2D eigenvalue weighted by molar-refractivity contribution is -0.0747. The molecular formula is C15H21NO4. The van der Waals surface area contributed by atoms with Crippen molar-refractivity contribution in [2.45, 2.75) is 19.1 Å². The van der Waals surface area contributed by atoms with Crippen LogP contribution in [0.1, 0.15) is 17.3 Å². The number of nitrogens with zero attached hydrogens (tertiary/aromatic N) is 1. The largest absolute Gasteiger partial charge is 0.497 e. The van der Waals surface area contributed by atoms with Crippen LogP contribution in [0.4, 0.5) is 0 Å². The van der Waals surface area contributed by atoms with Crippen LogP contribution < -0.4 is 4.74 Å². The third kappa shape index (κ3) is 3.56. The van der Waals surface area contributed by atoms with Crippen LogP contribution in [0.3, 0.4) is 0 Å². The lowest BCUT2D eigenvalue weighted by Crippen LogP contribution is -2.51. The topological polar surface area (TPSA) is 59.0 Å². The number of aliphatic hydroxyl groups excluding tert-OH is 1. The molecule has 110 valence electrons. The first-order chi connectivity index (χ1) is 9.63. The first-order valence-electron chi connectivity index (χ1n) is 6.77. The van der Waals surface area contributed by atoms with Crippen LogP contribution in [-0.2, 0) is 4.74 Å². The van der Waals surface area contributed by atoms with Crippen LogP contribution in [-0.4, -0.2) is 61.3 Å². The molecule has 2 atom stereocenters. The average Bonchev–Trinajstić information content (AvgIpc) is 2.49. The monoisotopic (exact) mass is 279 g/mol. The third-order valence-electron chi connectivity index (χ3n) is 3.60. The highest BCUT2D eigenvalue weighted by Crippen LogP contribution is 2.15. The van der Waals surface area contributed by atoms with Crippen molar-refractivity contribution in [2.24, 2.45) is 0 Å². The van der Waals surface area contributed by atoms with Gasteiger partial charge in [0.2, 0.25) is 0 Å². The number of rotatable bonds is 5. The molecule has 5 nitrogen and oxygen atoms in total. The van der Waals surface area contributed by atoms with Crippen molar-refractivity contribution < 1.29 is 19.4 Å².